The Morgan fingerprint density at radius 2 is 1.21 bits per heavy atom. The minimum atomic E-state index is 0.422. The van der Waals surface area contributed by atoms with Crippen LogP contribution in [-0.2, 0) is 0 Å². The zero-order valence-electron chi connectivity index (χ0n) is 9.76. The lowest BCUT2D eigenvalue weighted by atomic mass is 10.1. The summed E-state index contributed by atoms with van der Waals surface area (Å²) >= 11 is 0. The normalized spacial score (nSPS) is 7.64. The molecule has 0 unspecified atom stereocenters. The van der Waals surface area contributed by atoms with E-state index in [4.69, 9.17) is 0 Å². The molecule has 0 aromatic heterocycles. The maximum atomic E-state index is 9.33. The fourth-order valence-electron chi connectivity index (χ4n) is 1.17. The molecule has 0 aliphatic heterocycles. The molecule has 1 aromatic carbocycles. The second kappa shape index (κ2) is 8.19. The molecule has 0 saturated heterocycles. The summed E-state index contributed by atoms with van der Waals surface area (Å²) in [6.07, 6.45) is 8.00. The van der Waals surface area contributed by atoms with Crippen LogP contribution in [0, 0.1) is 33.6 Å². The van der Waals surface area contributed by atoms with Gasteiger partial charge in [0.15, 0.2) is 0 Å². The first kappa shape index (κ1) is 15.1. The number of aromatic hydroxyl groups is 1. The highest BCUT2D eigenvalue weighted by Gasteiger charge is 1.98. The molecule has 14 heavy (non-hydrogen) atoms. The van der Waals surface area contributed by atoms with Crippen molar-refractivity contribution in [2.45, 2.75) is 34.6 Å². The van der Waals surface area contributed by atoms with E-state index >= 15 is 0 Å². The summed E-state index contributed by atoms with van der Waals surface area (Å²) in [4.78, 5) is 0. The first-order valence-electron chi connectivity index (χ1n) is 4.71. The molecular weight excluding hydrogens is 172 g/mol. The van der Waals surface area contributed by atoms with Crippen molar-refractivity contribution in [3.8, 4) is 18.6 Å². The van der Waals surface area contributed by atoms with Gasteiger partial charge in [-0.05, 0) is 31.9 Å². The third kappa shape index (κ3) is 4.57. The largest absolute Gasteiger partial charge is 0.507 e. The van der Waals surface area contributed by atoms with Gasteiger partial charge in [0.2, 0.25) is 0 Å². The molecule has 1 rings (SSSR count). The third-order valence-electron chi connectivity index (χ3n) is 1.64. The smallest absolute Gasteiger partial charge is 0.121 e. The Hall–Kier alpha value is -1.42. The Balaban J connectivity index is 0. The number of hydrogen-bond donors (Lipinski definition) is 1. The Bertz CT molecular complexity index is 262. The highest BCUT2D eigenvalue weighted by Crippen LogP contribution is 2.21. The summed E-state index contributed by atoms with van der Waals surface area (Å²) in [6.45, 7) is 9.85. The van der Waals surface area contributed by atoms with Gasteiger partial charge in [-0.3, -0.25) is 0 Å². The lowest BCUT2D eigenvalue weighted by Crippen LogP contribution is -1.81. The lowest BCUT2D eigenvalue weighted by Gasteiger charge is -2.03. The van der Waals surface area contributed by atoms with Gasteiger partial charge in [-0.15, -0.1) is 12.8 Å². The van der Waals surface area contributed by atoms with Crippen LogP contribution in [0.3, 0.4) is 0 Å². The molecule has 1 aromatic rings. The first-order valence-corrected chi connectivity index (χ1v) is 4.71. The minimum Gasteiger partial charge on any atom is -0.507 e. The first-order chi connectivity index (χ1) is 6.61. The van der Waals surface area contributed by atoms with Gasteiger partial charge in [0.1, 0.15) is 5.75 Å². The molecule has 0 atom stereocenters. The number of rotatable bonds is 0. The number of benzene rings is 1. The Kier molecular flexibility index (Phi) is 8.82. The zero-order valence-corrected chi connectivity index (χ0v) is 9.76. The fourth-order valence-corrected chi connectivity index (χ4v) is 1.17. The maximum Gasteiger partial charge on any atom is 0.121 e. The maximum absolute atomic E-state index is 9.33. The summed E-state index contributed by atoms with van der Waals surface area (Å²) in [5.41, 5.74) is 3.11. The summed E-state index contributed by atoms with van der Waals surface area (Å²) in [6, 6.07) is 3.95. The third-order valence-corrected chi connectivity index (χ3v) is 1.64. The monoisotopic (exact) mass is 192 g/mol. The summed E-state index contributed by atoms with van der Waals surface area (Å²) in [5.74, 6) is 0.422. The molecule has 1 nitrogen and oxygen atoms in total. The second-order valence-corrected chi connectivity index (χ2v) is 2.75. The molecule has 1 N–H and O–H groups in total. The van der Waals surface area contributed by atoms with Gasteiger partial charge in [0, 0.05) is 0 Å². The fraction of sp³-hybridized carbons (Fsp3) is 0.385. The average Bonchev–Trinajstić information content (AvgIpc) is 2.20. The van der Waals surface area contributed by atoms with Crippen molar-refractivity contribution >= 4 is 0 Å². The van der Waals surface area contributed by atoms with Gasteiger partial charge < -0.3 is 5.11 Å². The van der Waals surface area contributed by atoms with Crippen LogP contribution in [0.1, 0.15) is 30.5 Å². The second-order valence-electron chi connectivity index (χ2n) is 2.75. The van der Waals surface area contributed by atoms with E-state index in [9.17, 15) is 5.11 Å². The zero-order chi connectivity index (χ0) is 11.7. The number of hydrogen-bond acceptors (Lipinski definition) is 1. The van der Waals surface area contributed by atoms with E-state index in [1.54, 1.807) is 0 Å². The van der Waals surface area contributed by atoms with Crippen LogP contribution in [0.4, 0.5) is 0 Å². The molecule has 0 aliphatic rings. The van der Waals surface area contributed by atoms with E-state index < -0.39 is 0 Å². The molecule has 0 aliphatic carbocycles. The van der Waals surface area contributed by atoms with E-state index in [1.165, 1.54) is 5.56 Å². The van der Waals surface area contributed by atoms with Crippen molar-refractivity contribution in [3.05, 3.63) is 28.8 Å². The van der Waals surface area contributed by atoms with Crippen molar-refractivity contribution < 1.29 is 5.11 Å². The van der Waals surface area contributed by atoms with E-state index in [2.05, 4.69) is 12.8 Å². The molecule has 0 radical (unpaired) electrons. The van der Waals surface area contributed by atoms with E-state index in [0.717, 1.165) is 11.1 Å². The molecule has 0 saturated carbocycles. The molecule has 0 spiro atoms. The highest BCUT2D eigenvalue weighted by molar-refractivity contribution is 5.41. The standard InChI is InChI=1S/C9H12O.C2H6.C2H2/c1-6-4-7(2)9(10)8(3)5-6;2*1-2/h4-5,10H,1-3H3;1-2H3;1-2H. The quantitative estimate of drug-likeness (QED) is 0.623. The molecular formula is C13H20O. The van der Waals surface area contributed by atoms with Crippen LogP contribution < -0.4 is 0 Å². The van der Waals surface area contributed by atoms with Gasteiger partial charge >= 0.3 is 0 Å². The van der Waals surface area contributed by atoms with Crippen LogP contribution in [0.2, 0.25) is 0 Å². The number of terminal acetylenes is 1. The average molecular weight is 192 g/mol. The highest BCUT2D eigenvalue weighted by atomic mass is 16.3. The molecule has 0 fully saturated rings. The van der Waals surface area contributed by atoms with Gasteiger partial charge in [-0.2, -0.15) is 0 Å². The van der Waals surface area contributed by atoms with Crippen LogP contribution >= 0.6 is 0 Å². The van der Waals surface area contributed by atoms with Gasteiger partial charge in [-0.1, -0.05) is 31.5 Å². The Morgan fingerprint density at radius 1 is 0.929 bits per heavy atom. The van der Waals surface area contributed by atoms with Gasteiger partial charge in [0.25, 0.3) is 0 Å². The van der Waals surface area contributed by atoms with E-state index in [0.29, 0.717) is 5.75 Å². The summed E-state index contributed by atoms with van der Waals surface area (Å²) < 4.78 is 0. The van der Waals surface area contributed by atoms with Crippen molar-refractivity contribution in [3.63, 3.8) is 0 Å². The van der Waals surface area contributed by atoms with Crippen LogP contribution in [0.25, 0.3) is 0 Å². The Labute approximate surface area is 87.8 Å². The van der Waals surface area contributed by atoms with E-state index in [1.807, 2.05) is 46.8 Å². The predicted molar refractivity (Wildman–Crippen MR) is 63.6 cm³/mol. The molecule has 0 bridgehead atoms. The number of phenols is 1. The topological polar surface area (TPSA) is 20.2 Å². The SMILES string of the molecule is C#C.CC.Cc1cc(C)c(O)c(C)c1. The summed E-state index contributed by atoms with van der Waals surface area (Å²) in [7, 11) is 0. The molecule has 78 valence electrons. The Morgan fingerprint density at radius 3 is 1.50 bits per heavy atom. The van der Waals surface area contributed by atoms with Crippen molar-refractivity contribution in [2.75, 3.05) is 0 Å². The van der Waals surface area contributed by atoms with Gasteiger partial charge in [0.05, 0.1) is 0 Å². The van der Waals surface area contributed by atoms with E-state index in [-0.39, 0.29) is 0 Å². The number of phenolic OH excluding ortho intramolecular Hbond substituents is 1. The summed E-state index contributed by atoms with van der Waals surface area (Å²) in [5, 5.41) is 9.33. The molecule has 0 amide bonds. The molecule has 0 heterocycles. The van der Waals surface area contributed by atoms with Crippen LogP contribution in [0.5, 0.6) is 5.75 Å². The predicted octanol–water partition coefficient (Wildman–Crippen LogP) is 3.59. The van der Waals surface area contributed by atoms with Gasteiger partial charge in [-0.25, -0.2) is 0 Å². The van der Waals surface area contributed by atoms with Crippen LogP contribution in [0.15, 0.2) is 12.1 Å². The van der Waals surface area contributed by atoms with Crippen molar-refractivity contribution in [1.29, 1.82) is 0 Å². The van der Waals surface area contributed by atoms with Crippen LogP contribution in [-0.4, -0.2) is 5.11 Å². The van der Waals surface area contributed by atoms with Crippen molar-refractivity contribution in [1.82, 2.24) is 0 Å². The lowest BCUT2D eigenvalue weighted by molar-refractivity contribution is 0.466. The molecule has 1 heteroatoms. The van der Waals surface area contributed by atoms with Crippen molar-refractivity contribution in [2.24, 2.45) is 0 Å². The minimum absolute atomic E-state index is 0.422. The number of aryl methyl sites for hydroxylation is 3.